The molecule has 4 rings (SSSR count). The first-order valence-corrected chi connectivity index (χ1v) is 7.11. The number of furan rings is 1. The summed E-state index contributed by atoms with van der Waals surface area (Å²) in [7, 11) is 0. The molecule has 1 aliphatic carbocycles. The lowest BCUT2D eigenvalue weighted by atomic mass is 9.96. The molecule has 1 heterocycles. The molecule has 0 bridgehead atoms. The molecule has 0 spiro atoms. The Labute approximate surface area is 118 Å². The van der Waals surface area contributed by atoms with Crippen LogP contribution in [0.1, 0.15) is 24.0 Å². The highest BCUT2D eigenvalue weighted by molar-refractivity contribution is 6.08. The number of aryl methyl sites for hydroxylation is 1. The maximum atomic E-state index is 6.20. The molecule has 20 heavy (non-hydrogen) atoms. The third-order valence-electron chi connectivity index (χ3n) is 4.08. The number of allylic oxidation sites excluding steroid dienone is 4. The summed E-state index contributed by atoms with van der Waals surface area (Å²) in [5.74, 6) is 0. The summed E-state index contributed by atoms with van der Waals surface area (Å²) >= 11 is 0. The predicted molar refractivity (Wildman–Crippen MR) is 84.8 cm³/mol. The molecule has 1 aliphatic rings. The van der Waals surface area contributed by atoms with Crippen LogP contribution < -0.4 is 0 Å². The molecule has 0 saturated carbocycles. The number of fused-ring (bicyclic) bond motifs is 3. The number of para-hydroxylation sites is 2. The van der Waals surface area contributed by atoms with E-state index in [2.05, 4.69) is 61.5 Å². The Hall–Kier alpha value is -2.28. The van der Waals surface area contributed by atoms with Crippen LogP contribution in [0.4, 0.5) is 0 Å². The molecule has 0 amide bonds. The fourth-order valence-corrected chi connectivity index (χ4v) is 3.04. The minimum absolute atomic E-state index is 1.02. The highest BCUT2D eigenvalue weighted by atomic mass is 16.3. The predicted octanol–water partition coefficient (Wildman–Crippen LogP) is 5.63. The zero-order valence-electron chi connectivity index (χ0n) is 11.5. The van der Waals surface area contributed by atoms with Gasteiger partial charge in [-0.1, -0.05) is 54.6 Å². The zero-order valence-corrected chi connectivity index (χ0v) is 11.5. The third-order valence-corrected chi connectivity index (χ3v) is 4.08. The van der Waals surface area contributed by atoms with Crippen LogP contribution in [0.3, 0.4) is 0 Å². The maximum absolute atomic E-state index is 6.20. The smallest absolute Gasteiger partial charge is 0.142 e. The molecule has 1 aromatic heterocycles. The van der Waals surface area contributed by atoms with Gasteiger partial charge in [0.2, 0.25) is 0 Å². The summed E-state index contributed by atoms with van der Waals surface area (Å²) in [6, 6.07) is 12.8. The van der Waals surface area contributed by atoms with E-state index < -0.39 is 0 Å². The number of rotatable bonds is 1. The summed E-state index contributed by atoms with van der Waals surface area (Å²) in [5, 5.41) is 2.44. The van der Waals surface area contributed by atoms with Gasteiger partial charge in [0, 0.05) is 16.3 Å². The Balaban J connectivity index is 2.08. The van der Waals surface area contributed by atoms with Gasteiger partial charge in [-0.3, -0.25) is 0 Å². The van der Waals surface area contributed by atoms with Crippen LogP contribution in [-0.2, 0) is 0 Å². The summed E-state index contributed by atoms with van der Waals surface area (Å²) in [4.78, 5) is 0. The Morgan fingerprint density at radius 1 is 0.950 bits per heavy atom. The van der Waals surface area contributed by atoms with E-state index in [4.69, 9.17) is 4.42 Å². The van der Waals surface area contributed by atoms with Gasteiger partial charge in [-0.2, -0.15) is 0 Å². The van der Waals surface area contributed by atoms with E-state index in [-0.39, 0.29) is 0 Å². The second-order valence-electron chi connectivity index (χ2n) is 5.39. The zero-order chi connectivity index (χ0) is 13.5. The molecule has 0 unspecified atom stereocenters. The third kappa shape index (κ3) is 1.63. The van der Waals surface area contributed by atoms with E-state index in [9.17, 15) is 0 Å². The van der Waals surface area contributed by atoms with Crippen LogP contribution >= 0.6 is 0 Å². The van der Waals surface area contributed by atoms with Crippen LogP contribution in [0.2, 0.25) is 0 Å². The lowest BCUT2D eigenvalue weighted by molar-refractivity contribution is 0.664. The van der Waals surface area contributed by atoms with Crippen LogP contribution in [-0.4, -0.2) is 0 Å². The Morgan fingerprint density at radius 2 is 1.75 bits per heavy atom. The molecular formula is C19H16O. The monoisotopic (exact) mass is 260 g/mol. The molecular weight excluding hydrogens is 244 g/mol. The quantitative estimate of drug-likeness (QED) is 0.552. The van der Waals surface area contributed by atoms with Gasteiger partial charge in [0.1, 0.15) is 11.2 Å². The molecule has 1 nitrogen and oxygen atoms in total. The molecule has 1 heteroatoms. The number of benzene rings is 2. The second-order valence-corrected chi connectivity index (χ2v) is 5.39. The average molecular weight is 260 g/mol. The van der Waals surface area contributed by atoms with Gasteiger partial charge in [0.25, 0.3) is 0 Å². The van der Waals surface area contributed by atoms with Crippen LogP contribution in [0, 0.1) is 6.92 Å². The molecule has 0 fully saturated rings. The van der Waals surface area contributed by atoms with Gasteiger partial charge in [-0.15, -0.1) is 0 Å². The van der Waals surface area contributed by atoms with Crippen molar-refractivity contribution in [2.24, 2.45) is 0 Å². The molecule has 0 radical (unpaired) electrons. The van der Waals surface area contributed by atoms with Gasteiger partial charge in [-0.25, -0.2) is 0 Å². The highest BCUT2D eigenvalue weighted by Crippen LogP contribution is 2.36. The first-order chi connectivity index (χ1) is 9.84. The van der Waals surface area contributed by atoms with E-state index in [1.165, 1.54) is 27.5 Å². The fourth-order valence-electron chi connectivity index (χ4n) is 3.04. The van der Waals surface area contributed by atoms with Crippen molar-refractivity contribution in [2.75, 3.05) is 0 Å². The lowest BCUT2D eigenvalue weighted by Crippen LogP contribution is -1.88. The SMILES string of the molecule is Cc1cccc2c1oc1c(C3=CC=CCC3)cccc12. The van der Waals surface area contributed by atoms with E-state index >= 15 is 0 Å². The van der Waals surface area contributed by atoms with Crippen molar-refractivity contribution in [3.8, 4) is 0 Å². The average Bonchev–Trinajstić information content (AvgIpc) is 2.88. The van der Waals surface area contributed by atoms with Gasteiger partial charge in [0.15, 0.2) is 0 Å². The number of hydrogen-bond donors (Lipinski definition) is 0. The summed E-state index contributed by atoms with van der Waals surface area (Å²) in [5.41, 5.74) is 5.85. The van der Waals surface area contributed by atoms with E-state index in [0.29, 0.717) is 0 Å². The first-order valence-electron chi connectivity index (χ1n) is 7.11. The van der Waals surface area contributed by atoms with Crippen molar-refractivity contribution < 1.29 is 4.42 Å². The van der Waals surface area contributed by atoms with Gasteiger partial charge in [-0.05, 0) is 30.9 Å². The Bertz CT molecular complexity index is 862. The second kappa shape index (κ2) is 4.38. The van der Waals surface area contributed by atoms with E-state index in [0.717, 1.165) is 24.0 Å². The van der Waals surface area contributed by atoms with E-state index in [1.807, 2.05) is 0 Å². The summed E-state index contributed by atoms with van der Waals surface area (Å²) in [6.07, 6.45) is 8.77. The molecule has 98 valence electrons. The maximum Gasteiger partial charge on any atom is 0.142 e. The van der Waals surface area contributed by atoms with Crippen LogP contribution in [0.25, 0.3) is 27.5 Å². The fraction of sp³-hybridized carbons (Fsp3) is 0.158. The highest BCUT2D eigenvalue weighted by Gasteiger charge is 2.14. The molecule has 0 aliphatic heterocycles. The van der Waals surface area contributed by atoms with Gasteiger partial charge in [0.05, 0.1) is 0 Å². The first kappa shape index (κ1) is 11.5. The Morgan fingerprint density at radius 3 is 2.55 bits per heavy atom. The minimum Gasteiger partial charge on any atom is -0.455 e. The topological polar surface area (TPSA) is 13.1 Å². The van der Waals surface area contributed by atoms with Crippen molar-refractivity contribution in [1.82, 2.24) is 0 Å². The van der Waals surface area contributed by atoms with Crippen LogP contribution in [0.5, 0.6) is 0 Å². The molecule has 0 saturated heterocycles. The van der Waals surface area contributed by atoms with Crippen molar-refractivity contribution in [1.29, 1.82) is 0 Å². The van der Waals surface area contributed by atoms with E-state index in [1.54, 1.807) is 0 Å². The lowest BCUT2D eigenvalue weighted by Gasteiger charge is -2.09. The van der Waals surface area contributed by atoms with Crippen molar-refractivity contribution in [3.05, 3.63) is 65.8 Å². The summed E-state index contributed by atoms with van der Waals surface area (Å²) < 4.78 is 6.20. The van der Waals surface area contributed by atoms with Gasteiger partial charge < -0.3 is 4.42 Å². The van der Waals surface area contributed by atoms with Crippen molar-refractivity contribution in [2.45, 2.75) is 19.8 Å². The Kier molecular flexibility index (Phi) is 2.53. The summed E-state index contributed by atoms with van der Waals surface area (Å²) in [6.45, 7) is 2.10. The van der Waals surface area contributed by atoms with Gasteiger partial charge >= 0.3 is 0 Å². The molecule has 0 N–H and O–H groups in total. The van der Waals surface area contributed by atoms with Crippen molar-refractivity contribution in [3.63, 3.8) is 0 Å². The van der Waals surface area contributed by atoms with Crippen LogP contribution in [0.15, 0.2) is 59.0 Å². The molecule has 2 aromatic carbocycles. The molecule has 3 aromatic rings. The number of hydrogen-bond acceptors (Lipinski definition) is 1. The minimum atomic E-state index is 1.02. The van der Waals surface area contributed by atoms with Crippen molar-refractivity contribution >= 4 is 27.5 Å². The normalized spacial score (nSPS) is 14.9. The standard InChI is InChI=1S/C19H16O/c1-13-7-5-11-16-17-12-6-10-15(19(17)20-18(13)16)14-8-3-2-4-9-14/h2-3,5-8,10-12H,4,9H2,1H3. The largest absolute Gasteiger partial charge is 0.455 e. The molecule has 0 atom stereocenters.